The Morgan fingerprint density at radius 3 is 2.48 bits per heavy atom. The van der Waals surface area contributed by atoms with Crippen LogP contribution in [-0.2, 0) is 10.0 Å². The number of nitrogens with one attached hydrogen (secondary N) is 2. The minimum Gasteiger partial charge on any atom is -0.343 e. The summed E-state index contributed by atoms with van der Waals surface area (Å²) in [5, 5.41) is 0.730. The third kappa shape index (κ3) is 3.56. The number of aromatic nitrogens is 3. The number of anilines is 1. The maximum Gasteiger partial charge on any atom is 0.262 e. The lowest BCUT2D eigenvalue weighted by Crippen LogP contribution is -2.14. The standard InChI is InChI=1S/C20H16F2N4O2S/c1-11-3-5-14(9-16(11)21)29(27,28)26-18-6-4-13(8-17(18)22)19-15-7-12(2)25-20(15)24-10-23-19/h3-10,26H,1-2H3,(H,23,24,25). The molecule has 0 saturated carbocycles. The zero-order chi connectivity index (χ0) is 20.8. The fourth-order valence-corrected chi connectivity index (χ4v) is 4.07. The van der Waals surface area contributed by atoms with E-state index in [-0.39, 0.29) is 10.6 Å². The molecule has 9 heteroatoms. The maximum atomic E-state index is 14.7. The number of aromatic amines is 1. The average Bonchev–Trinajstić information content (AvgIpc) is 3.05. The molecule has 0 aliphatic rings. The van der Waals surface area contributed by atoms with Crippen molar-refractivity contribution in [2.45, 2.75) is 18.7 Å². The summed E-state index contributed by atoms with van der Waals surface area (Å²) in [5.41, 5.74) is 2.57. The number of H-pyrrole nitrogens is 1. The Morgan fingerprint density at radius 1 is 0.966 bits per heavy atom. The van der Waals surface area contributed by atoms with Gasteiger partial charge in [0.05, 0.1) is 16.3 Å². The third-order valence-electron chi connectivity index (χ3n) is 4.50. The molecule has 0 amide bonds. The molecule has 0 bridgehead atoms. The first kappa shape index (κ1) is 19.0. The van der Waals surface area contributed by atoms with Crippen molar-refractivity contribution in [3.63, 3.8) is 0 Å². The second-order valence-corrected chi connectivity index (χ2v) is 8.33. The van der Waals surface area contributed by atoms with Crippen LogP contribution in [0.15, 0.2) is 53.7 Å². The Labute approximate surface area is 165 Å². The maximum absolute atomic E-state index is 14.7. The molecule has 148 valence electrons. The summed E-state index contributed by atoms with van der Waals surface area (Å²) < 4.78 is 55.5. The van der Waals surface area contributed by atoms with Crippen LogP contribution in [0.5, 0.6) is 0 Å². The van der Waals surface area contributed by atoms with Gasteiger partial charge in [-0.15, -0.1) is 0 Å². The number of aryl methyl sites for hydroxylation is 2. The summed E-state index contributed by atoms with van der Waals surface area (Å²) >= 11 is 0. The highest BCUT2D eigenvalue weighted by atomic mass is 32.2. The first-order valence-corrected chi connectivity index (χ1v) is 10.1. The molecular weight excluding hydrogens is 398 g/mol. The van der Waals surface area contributed by atoms with Crippen molar-refractivity contribution in [3.8, 4) is 11.3 Å². The third-order valence-corrected chi connectivity index (χ3v) is 5.86. The second kappa shape index (κ2) is 6.93. The molecule has 2 aromatic heterocycles. The highest BCUT2D eigenvalue weighted by molar-refractivity contribution is 7.92. The van der Waals surface area contributed by atoms with Crippen LogP contribution in [-0.4, -0.2) is 23.4 Å². The van der Waals surface area contributed by atoms with Gasteiger partial charge in [0.25, 0.3) is 10.0 Å². The number of hydrogen-bond donors (Lipinski definition) is 2. The zero-order valence-electron chi connectivity index (χ0n) is 15.5. The van der Waals surface area contributed by atoms with Crippen LogP contribution < -0.4 is 4.72 Å². The molecule has 0 fully saturated rings. The molecule has 0 radical (unpaired) electrons. The van der Waals surface area contributed by atoms with Crippen molar-refractivity contribution in [2.24, 2.45) is 0 Å². The number of sulfonamides is 1. The van der Waals surface area contributed by atoms with Gasteiger partial charge in [0.2, 0.25) is 0 Å². The van der Waals surface area contributed by atoms with Crippen molar-refractivity contribution >= 4 is 26.7 Å². The summed E-state index contributed by atoms with van der Waals surface area (Å²) in [4.78, 5) is 11.2. The number of hydrogen-bond acceptors (Lipinski definition) is 4. The molecule has 0 aliphatic heterocycles. The number of benzene rings is 2. The van der Waals surface area contributed by atoms with Gasteiger partial charge in [-0.1, -0.05) is 12.1 Å². The lowest BCUT2D eigenvalue weighted by atomic mass is 10.1. The predicted molar refractivity (Wildman–Crippen MR) is 106 cm³/mol. The minimum atomic E-state index is -4.14. The molecule has 2 heterocycles. The monoisotopic (exact) mass is 414 g/mol. The van der Waals surface area contributed by atoms with Crippen LogP contribution in [0.4, 0.5) is 14.5 Å². The summed E-state index contributed by atoms with van der Waals surface area (Å²) in [6.07, 6.45) is 1.37. The number of fused-ring (bicyclic) bond motifs is 1. The lowest BCUT2D eigenvalue weighted by Gasteiger charge is -2.11. The second-order valence-electron chi connectivity index (χ2n) is 6.65. The Bertz CT molecular complexity index is 1350. The normalized spacial score (nSPS) is 11.7. The highest BCUT2D eigenvalue weighted by Crippen LogP contribution is 2.29. The van der Waals surface area contributed by atoms with Gasteiger partial charge in [0.1, 0.15) is 23.6 Å². The van der Waals surface area contributed by atoms with Crippen molar-refractivity contribution in [1.82, 2.24) is 15.0 Å². The Kier molecular flexibility index (Phi) is 4.54. The van der Waals surface area contributed by atoms with E-state index in [2.05, 4.69) is 19.7 Å². The number of halogens is 2. The SMILES string of the molecule is Cc1cc2c(-c3ccc(NS(=O)(=O)c4ccc(C)c(F)c4)c(F)c3)ncnc2[nH]1. The summed E-state index contributed by atoms with van der Waals surface area (Å²) in [7, 11) is -4.14. The van der Waals surface area contributed by atoms with Gasteiger partial charge in [-0.25, -0.2) is 27.2 Å². The van der Waals surface area contributed by atoms with Crippen molar-refractivity contribution < 1.29 is 17.2 Å². The van der Waals surface area contributed by atoms with Gasteiger partial charge in [-0.3, -0.25) is 4.72 Å². The Morgan fingerprint density at radius 2 is 1.76 bits per heavy atom. The molecule has 0 unspecified atom stereocenters. The van der Waals surface area contributed by atoms with Gasteiger partial charge in [-0.05, 0) is 49.7 Å². The van der Waals surface area contributed by atoms with Crippen LogP contribution in [0.25, 0.3) is 22.3 Å². The molecule has 2 aromatic carbocycles. The van der Waals surface area contributed by atoms with Crippen LogP contribution in [0.2, 0.25) is 0 Å². The quantitative estimate of drug-likeness (QED) is 0.521. The van der Waals surface area contributed by atoms with Crippen molar-refractivity contribution in [1.29, 1.82) is 0 Å². The molecule has 0 saturated heterocycles. The van der Waals surface area contributed by atoms with Crippen LogP contribution in [0.3, 0.4) is 0 Å². The minimum absolute atomic E-state index is 0.245. The zero-order valence-corrected chi connectivity index (χ0v) is 16.3. The van der Waals surface area contributed by atoms with E-state index in [0.717, 1.165) is 17.1 Å². The van der Waals surface area contributed by atoms with E-state index in [1.165, 1.54) is 37.5 Å². The molecule has 0 spiro atoms. The first-order chi connectivity index (χ1) is 13.7. The Balaban J connectivity index is 1.69. The van der Waals surface area contributed by atoms with E-state index in [1.807, 2.05) is 13.0 Å². The summed E-state index contributed by atoms with van der Waals surface area (Å²) in [5.74, 6) is -1.43. The van der Waals surface area contributed by atoms with Crippen LogP contribution in [0.1, 0.15) is 11.3 Å². The first-order valence-electron chi connectivity index (χ1n) is 8.64. The largest absolute Gasteiger partial charge is 0.343 e. The van der Waals surface area contributed by atoms with E-state index in [4.69, 9.17) is 0 Å². The van der Waals surface area contributed by atoms with Crippen LogP contribution in [0, 0.1) is 25.5 Å². The molecule has 29 heavy (non-hydrogen) atoms. The average molecular weight is 414 g/mol. The van der Waals surface area contributed by atoms with Crippen molar-refractivity contribution in [2.75, 3.05) is 4.72 Å². The molecule has 4 aromatic rings. The fraction of sp³-hybridized carbons (Fsp3) is 0.100. The van der Waals surface area contributed by atoms with Gasteiger partial charge >= 0.3 is 0 Å². The molecule has 4 rings (SSSR count). The highest BCUT2D eigenvalue weighted by Gasteiger charge is 2.19. The molecule has 0 aliphatic carbocycles. The van der Waals surface area contributed by atoms with Gasteiger partial charge in [0, 0.05) is 16.6 Å². The molecule has 2 N–H and O–H groups in total. The van der Waals surface area contributed by atoms with Gasteiger partial charge in [-0.2, -0.15) is 0 Å². The Hall–Kier alpha value is -3.33. The van der Waals surface area contributed by atoms with Crippen LogP contribution >= 0.6 is 0 Å². The fourth-order valence-electron chi connectivity index (χ4n) is 2.99. The molecule has 0 atom stereocenters. The van der Waals surface area contributed by atoms with E-state index in [1.54, 1.807) is 6.07 Å². The van der Waals surface area contributed by atoms with E-state index >= 15 is 0 Å². The summed E-state index contributed by atoms with van der Waals surface area (Å²) in [6.45, 7) is 3.39. The predicted octanol–water partition coefficient (Wildman–Crippen LogP) is 4.32. The lowest BCUT2D eigenvalue weighted by molar-refractivity contribution is 0.591. The molecule has 6 nitrogen and oxygen atoms in total. The van der Waals surface area contributed by atoms with Crippen molar-refractivity contribution in [3.05, 3.63) is 71.7 Å². The van der Waals surface area contributed by atoms with E-state index < -0.39 is 21.7 Å². The van der Waals surface area contributed by atoms with Gasteiger partial charge < -0.3 is 4.98 Å². The van der Waals surface area contributed by atoms with E-state index in [9.17, 15) is 17.2 Å². The topological polar surface area (TPSA) is 87.7 Å². The molecular formula is C20H16F2N4O2S. The summed E-state index contributed by atoms with van der Waals surface area (Å²) in [6, 6.07) is 9.42. The number of nitrogens with zero attached hydrogens (tertiary/aromatic N) is 2. The van der Waals surface area contributed by atoms with Gasteiger partial charge in [0.15, 0.2) is 0 Å². The number of rotatable bonds is 4. The smallest absolute Gasteiger partial charge is 0.262 e. The van der Waals surface area contributed by atoms with E-state index in [0.29, 0.717) is 22.5 Å².